The van der Waals surface area contributed by atoms with Crippen molar-refractivity contribution in [2.75, 3.05) is 20.1 Å². The molecule has 3 heteroatoms. The van der Waals surface area contributed by atoms with Crippen LogP contribution in [-0.4, -0.2) is 36.2 Å². The molecule has 1 aromatic heterocycles. The largest absolute Gasteiger partial charge is 0.392 e. The molecule has 102 valence electrons. The third-order valence-corrected chi connectivity index (χ3v) is 5.21. The van der Waals surface area contributed by atoms with E-state index in [9.17, 15) is 5.11 Å². The average molecular weight is 267 g/mol. The van der Waals surface area contributed by atoms with Crippen molar-refractivity contribution in [2.45, 2.75) is 39.2 Å². The highest BCUT2D eigenvalue weighted by Crippen LogP contribution is 2.41. The maximum Gasteiger partial charge on any atom is 0.0631 e. The quantitative estimate of drug-likeness (QED) is 0.886. The van der Waals surface area contributed by atoms with Gasteiger partial charge in [0.1, 0.15) is 0 Å². The van der Waals surface area contributed by atoms with Crippen molar-refractivity contribution in [1.82, 2.24) is 4.90 Å². The molecule has 0 spiro atoms. The van der Waals surface area contributed by atoms with Gasteiger partial charge in [0.15, 0.2) is 0 Å². The number of hydrogen-bond acceptors (Lipinski definition) is 3. The van der Waals surface area contributed by atoms with Crippen molar-refractivity contribution in [3.8, 4) is 0 Å². The lowest BCUT2D eigenvalue weighted by Crippen LogP contribution is -2.35. The molecule has 1 fully saturated rings. The summed E-state index contributed by atoms with van der Waals surface area (Å²) in [7, 11) is 2.17. The average Bonchev–Trinajstić information content (AvgIpc) is 2.91. The van der Waals surface area contributed by atoms with Crippen molar-refractivity contribution in [3.63, 3.8) is 0 Å². The zero-order chi connectivity index (χ0) is 13.2. The number of hydrogen-bond donors (Lipinski definition) is 1. The molecule has 0 radical (unpaired) electrons. The molecule has 2 unspecified atom stereocenters. The Morgan fingerprint density at radius 3 is 2.83 bits per heavy atom. The lowest BCUT2D eigenvalue weighted by molar-refractivity contribution is 0.0357. The van der Waals surface area contributed by atoms with E-state index in [1.165, 1.54) is 4.88 Å². The van der Waals surface area contributed by atoms with Crippen LogP contribution < -0.4 is 0 Å². The third kappa shape index (κ3) is 3.34. The number of likely N-dealkylation sites (N-methyl/N-ethyl adjacent to an activating group) is 1. The van der Waals surface area contributed by atoms with E-state index < -0.39 is 0 Å². The van der Waals surface area contributed by atoms with E-state index in [-0.39, 0.29) is 11.5 Å². The molecule has 2 atom stereocenters. The van der Waals surface area contributed by atoms with Gasteiger partial charge in [0.2, 0.25) is 0 Å². The van der Waals surface area contributed by atoms with Crippen molar-refractivity contribution < 1.29 is 5.11 Å². The highest BCUT2D eigenvalue weighted by atomic mass is 32.1. The van der Waals surface area contributed by atoms with Gasteiger partial charge >= 0.3 is 0 Å². The van der Waals surface area contributed by atoms with Crippen LogP contribution in [0.15, 0.2) is 17.5 Å². The summed E-state index contributed by atoms with van der Waals surface area (Å²) in [6, 6.07) is 4.31. The summed E-state index contributed by atoms with van der Waals surface area (Å²) in [5.74, 6) is 0.452. The molecule has 18 heavy (non-hydrogen) atoms. The first kappa shape index (κ1) is 14.0. The molecule has 1 N–H and O–H groups in total. The molecule has 0 bridgehead atoms. The van der Waals surface area contributed by atoms with Gasteiger partial charge in [-0.2, -0.15) is 0 Å². The Balaban J connectivity index is 1.76. The summed E-state index contributed by atoms with van der Waals surface area (Å²) < 4.78 is 0. The lowest BCUT2D eigenvalue weighted by Gasteiger charge is -2.28. The van der Waals surface area contributed by atoms with Gasteiger partial charge in [-0.05, 0) is 49.1 Å². The Morgan fingerprint density at radius 1 is 1.50 bits per heavy atom. The third-order valence-electron chi connectivity index (χ3n) is 4.27. The molecule has 2 rings (SSSR count). The van der Waals surface area contributed by atoms with Gasteiger partial charge in [-0.1, -0.05) is 19.9 Å². The molecule has 0 amide bonds. The fraction of sp³-hybridized carbons (Fsp3) is 0.733. The summed E-state index contributed by atoms with van der Waals surface area (Å²) in [5, 5.41) is 12.4. The molecule has 1 aliphatic rings. The van der Waals surface area contributed by atoms with Gasteiger partial charge in [0.05, 0.1) is 6.10 Å². The fourth-order valence-corrected chi connectivity index (χ4v) is 3.64. The molecular formula is C15H25NOS. The zero-order valence-corrected chi connectivity index (χ0v) is 12.5. The summed E-state index contributed by atoms with van der Waals surface area (Å²) in [4.78, 5) is 3.82. The van der Waals surface area contributed by atoms with E-state index >= 15 is 0 Å². The SMILES string of the molecule is CN(CCc1cccs1)CC1CCC(C)(C)C1O. The van der Waals surface area contributed by atoms with Gasteiger partial charge in [0, 0.05) is 18.0 Å². The summed E-state index contributed by atoms with van der Waals surface area (Å²) in [6.45, 7) is 6.48. The summed E-state index contributed by atoms with van der Waals surface area (Å²) in [5.41, 5.74) is 0.110. The summed E-state index contributed by atoms with van der Waals surface area (Å²) in [6.07, 6.45) is 3.30. The fourth-order valence-electron chi connectivity index (χ4n) is 2.94. The van der Waals surface area contributed by atoms with Gasteiger partial charge in [0.25, 0.3) is 0 Å². The van der Waals surface area contributed by atoms with Crippen molar-refractivity contribution >= 4 is 11.3 Å². The van der Waals surface area contributed by atoms with E-state index in [1.54, 1.807) is 0 Å². The second kappa shape index (κ2) is 5.72. The molecule has 0 aromatic carbocycles. The normalized spacial score (nSPS) is 26.9. The molecule has 2 nitrogen and oxygen atoms in total. The lowest BCUT2D eigenvalue weighted by atomic mass is 9.87. The van der Waals surface area contributed by atoms with Crippen LogP contribution >= 0.6 is 11.3 Å². The number of aliphatic hydroxyl groups is 1. The second-order valence-electron chi connectivity index (χ2n) is 6.32. The van der Waals surface area contributed by atoms with Crippen molar-refractivity contribution in [1.29, 1.82) is 0 Å². The highest BCUT2D eigenvalue weighted by molar-refractivity contribution is 7.09. The number of nitrogens with zero attached hydrogens (tertiary/aromatic N) is 1. The van der Waals surface area contributed by atoms with Crippen LogP contribution in [0.3, 0.4) is 0 Å². The topological polar surface area (TPSA) is 23.5 Å². The minimum Gasteiger partial charge on any atom is -0.392 e. The Bertz CT molecular complexity index is 361. The maximum absolute atomic E-state index is 10.3. The monoisotopic (exact) mass is 267 g/mol. The standard InChI is InChI=1S/C15H25NOS/c1-15(2)8-6-12(14(15)17)11-16(3)9-7-13-5-4-10-18-13/h4-5,10,12,14,17H,6-9,11H2,1-3H3. The first-order valence-electron chi connectivity index (χ1n) is 6.88. The van der Waals surface area contributed by atoms with E-state index in [4.69, 9.17) is 0 Å². The first-order valence-corrected chi connectivity index (χ1v) is 7.76. The Hall–Kier alpha value is -0.380. The van der Waals surface area contributed by atoms with Gasteiger partial charge < -0.3 is 10.0 Å². The van der Waals surface area contributed by atoms with Gasteiger partial charge in [-0.15, -0.1) is 11.3 Å². The Morgan fingerprint density at radius 2 is 2.28 bits per heavy atom. The van der Waals surface area contributed by atoms with Crippen LogP contribution in [0.4, 0.5) is 0 Å². The maximum atomic E-state index is 10.3. The predicted octanol–water partition coefficient (Wildman–Crippen LogP) is 3.02. The van der Waals surface area contributed by atoms with E-state index in [2.05, 4.69) is 43.3 Å². The molecule has 1 aromatic rings. The minimum absolute atomic E-state index is 0.110. The van der Waals surface area contributed by atoms with E-state index in [0.29, 0.717) is 5.92 Å². The predicted molar refractivity (Wildman–Crippen MR) is 78.0 cm³/mol. The summed E-state index contributed by atoms with van der Waals surface area (Å²) >= 11 is 1.83. The Labute approximate surface area is 115 Å². The van der Waals surface area contributed by atoms with E-state index in [1.807, 2.05) is 11.3 Å². The molecule has 1 aliphatic carbocycles. The van der Waals surface area contributed by atoms with Crippen LogP contribution in [0.5, 0.6) is 0 Å². The van der Waals surface area contributed by atoms with Gasteiger partial charge in [-0.25, -0.2) is 0 Å². The number of aliphatic hydroxyl groups excluding tert-OH is 1. The molecule has 0 saturated heterocycles. The van der Waals surface area contributed by atoms with E-state index in [0.717, 1.165) is 32.4 Å². The molecule has 0 aliphatic heterocycles. The first-order chi connectivity index (χ1) is 8.49. The van der Waals surface area contributed by atoms with Gasteiger partial charge in [-0.3, -0.25) is 0 Å². The van der Waals surface area contributed by atoms with Crippen LogP contribution in [0.2, 0.25) is 0 Å². The van der Waals surface area contributed by atoms with Crippen molar-refractivity contribution in [2.24, 2.45) is 11.3 Å². The van der Waals surface area contributed by atoms with Crippen LogP contribution in [0, 0.1) is 11.3 Å². The minimum atomic E-state index is -0.137. The smallest absolute Gasteiger partial charge is 0.0631 e. The van der Waals surface area contributed by atoms with Crippen LogP contribution in [0.1, 0.15) is 31.6 Å². The number of rotatable bonds is 5. The highest BCUT2D eigenvalue weighted by Gasteiger charge is 2.40. The van der Waals surface area contributed by atoms with Crippen LogP contribution in [0.25, 0.3) is 0 Å². The Kier molecular flexibility index (Phi) is 4.46. The number of thiophene rings is 1. The second-order valence-corrected chi connectivity index (χ2v) is 7.36. The zero-order valence-electron chi connectivity index (χ0n) is 11.7. The molecule has 1 saturated carbocycles. The van der Waals surface area contributed by atoms with Crippen molar-refractivity contribution in [3.05, 3.63) is 22.4 Å². The molecular weight excluding hydrogens is 242 g/mol. The molecule has 1 heterocycles. The van der Waals surface area contributed by atoms with Crippen LogP contribution in [-0.2, 0) is 6.42 Å².